The molecule has 1 atom stereocenters. The van der Waals surface area contributed by atoms with Crippen molar-refractivity contribution in [3.8, 4) is 11.5 Å². The van der Waals surface area contributed by atoms with Crippen LogP contribution in [-0.4, -0.2) is 23.3 Å². The lowest BCUT2D eigenvalue weighted by atomic mass is 10.0. The molecule has 0 radical (unpaired) electrons. The maximum absolute atomic E-state index is 10.6. The van der Waals surface area contributed by atoms with Gasteiger partial charge in [-0.2, -0.15) is 0 Å². The zero-order valence-electron chi connectivity index (χ0n) is 12.8. The van der Waals surface area contributed by atoms with Crippen molar-refractivity contribution in [3.05, 3.63) is 53.3 Å². The molecule has 4 heteroatoms. The Balaban J connectivity index is 2.33. The lowest BCUT2D eigenvalue weighted by molar-refractivity contribution is 0.211. The Morgan fingerprint density at radius 3 is 2.57 bits per heavy atom. The molecule has 0 saturated heterocycles. The minimum atomic E-state index is -0.802. The summed E-state index contributed by atoms with van der Waals surface area (Å²) >= 11 is 0. The molecule has 0 spiro atoms. The van der Waals surface area contributed by atoms with Gasteiger partial charge in [0.2, 0.25) is 0 Å². The van der Waals surface area contributed by atoms with E-state index < -0.39 is 6.10 Å². The van der Waals surface area contributed by atoms with E-state index in [0.717, 1.165) is 5.56 Å². The molecule has 0 aliphatic rings. The van der Waals surface area contributed by atoms with Gasteiger partial charge >= 0.3 is 0 Å². The van der Waals surface area contributed by atoms with E-state index in [0.29, 0.717) is 22.6 Å². The highest BCUT2D eigenvalue weighted by molar-refractivity contribution is 5.43. The largest absolute Gasteiger partial charge is 0.496 e. The maximum Gasteiger partial charge on any atom is 0.138 e. The van der Waals surface area contributed by atoms with E-state index in [1.165, 1.54) is 0 Å². The van der Waals surface area contributed by atoms with Crippen LogP contribution in [0.25, 0.3) is 0 Å². The van der Waals surface area contributed by atoms with Crippen molar-refractivity contribution in [1.82, 2.24) is 4.98 Å². The van der Waals surface area contributed by atoms with Crippen molar-refractivity contribution < 1.29 is 14.6 Å². The predicted molar refractivity (Wildman–Crippen MR) is 81.8 cm³/mol. The van der Waals surface area contributed by atoms with Crippen molar-refractivity contribution in [2.24, 2.45) is 0 Å². The Labute approximate surface area is 125 Å². The minimum Gasteiger partial charge on any atom is -0.496 e. The summed E-state index contributed by atoms with van der Waals surface area (Å²) in [5.41, 5.74) is 2.47. The fourth-order valence-corrected chi connectivity index (χ4v) is 2.15. The number of pyridine rings is 1. The molecule has 0 fully saturated rings. The molecular weight excluding hydrogens is 266 g/mol. The van der Waals surface area contributed by atoms with Gasteiger partial charge in [0, 0.05) is 17.3 Å². The van der Waals surface area contributed by atoms with Crippen LogP contribution < -0.4 is 9.47 Å². The van der Waals surface area contributed by atoms with Crippen molar-refractivity contribution in [2.75, 3.05) is 7.11 Å². The van der Waals surface area contributed by atoms with Gasteiger partial charge in [-0.3, -0.25) is 4.98 Å². The zero-order valence-corrected chi connectivity index (χ0v) is 12.8. The molecule has 112 valence electrons. The van der Waals surface area contributed by atoms with Crippen molar-refractivity contribution in [3.63, 3.8) is 0 Å². The molecular formula is C17H21NO3. The molecule has 0 amide bonds. The number of aromatic nitrogens is 1. The van der Waals surface area contributed by atoms with E-state index in [2.05, 4.69) is 4.98 Å². The SMILES string of the molecule is COc1cc(C)ccc1C(O)c1cncc(OC(C)C)c1. The fraction of sp³-hybridized carbons (Fsp3) is 0.353. The van der Waals surface area contributed by atoms with Gasteiger partial charge in [0.1, 0.15) is 17.6 Å². The number of aliphatic hydroxyl groups is 1. The van der Waals surface area contributed by atoms with E-state index >= 15 is 0 Å². The summed E-state index contributed by atoms with van der Waals surface area (Å²) in [7, 11) is 1.60. The zero-order chi connectivity index (χ0) is 15.4. The average Bonchev–Trinajstić information content (AvgIpc) is 2.46. The number of rotatable bonds is 5. The van der Waals surface area contributed by atoms with Crippen molar-refractivity contribution >= 4 is 0 Å². The van der Waals surface area contributed by atoms with Gasteiger partial charge in [0.15, 0.2) is 0 Å². The predicted octanol–water partition coefficient (Wildman–Crippen LogP) is 3.27. The van der Waals surface area contributed by atoms with E-state index in [4.69, 9.17) is 9.47 Å². The molecule has 0 aliphatic heterocycles. The second-order valence-corrected chi connectivity index (χ2v) is 5.27. The summed E-state index contributed by atoms with van der Waals surface area (Å²) in [6, 6.07) is 7.52. The van der Waals surface area contributed by atoms with Gasteiger partial charge in [0.25, 0.3) is 0 Å². The molecule has 2 rings (SSSR count). The fourth-order valence-electron chi connectivity index (χ4n) is 2.15. The van der Waals surface area contributed by atoms with Crippen LogP contribution in [0.1, 0.15) is 36.6 Å². The monoisotopic (exact) mass is 287 g/mol. The summed E-state index contributed by atoms with van der Waals surface area (Å²) in [6.07, 6.45) is 2.54. The first kappa shape index (κ1) is 15.3. The summed E-state index contributed by atoms with van der Waals surface area (Å²) in [5.74, 6) is 1.31. The van der Waals surface area contributed by atoms with Crippen LogP contribution in [0.5, 0.6) is 11.5 Å². The second kappa shape index (κ2) is 6.59. The number of methoxy groups -OCH3 is 1. The van der Waals surface area contributed by atoms with Gasteiger partial charge in [-0.05, 0) is 38.5 Å². The molecule has 1 heterocycles. The lowest BCUT2D eigenvalue weighted by Crippen LogP contribution is -2.08. The number of hydrogen-bond acceptors (Lipinski definition) is 4. The number of aryl methyl sites for hydroxylation is 1. The summed E-state index contributed by atoms with van der Waals surface area (Å²) in [4.78, 5) is 4.13. The number of hydrogen-bond donors (Lipinski definition) is 1. The quantitative estimate of drug-likeness (QED) is 0.917. The molecule has 1 aromatic heterocycles. The van der Waals surface area contributed by atoms with E-state index in [-0.39, 0.29) is 6.10 Å². The molecule has 2 aromatic rings. The highest BCUT2D eigenvalue weighted by atomic mass is 16.5. The smallest absolute Gasteiger partial charge is 0.138 e. The summed E-state index contributed by atoms with van der Waals surface area (Å²) < 4.78 is 11.0. The minimum absolute atomic E-state index is 0.0631. The third kappa shape index (κ3) is 3.73. The molecule has 1 unspecified atom stereocenters. The van der Waals surface area contributed by atoms with Crippen molar-refractivity contribution in [1.29, 1.82) is 0 Å². The Morgan fingerprint density at radius 2 is 1.90 bits per heavy atom. The number of aliphatic hydroxyl groups excluding tert-OH is 1. The third-order valence-electron chi connectivity index (χ3n) is 3.11. The topological polar surface area (TPSA) is 51.6 Å². The van der Waals surface area contributed by atoms with Crippen LogP contribution in [0, 0.1) is 6.92 Å². The van der Waals surface area contributed by atoms with Gasteiger partial charge in [-0.25, -0.2) is 0 Å². The van der Waals surface area contributed by atoms with Crippen LogP contribution in [0.15, 0.2) is 36.7 Å². The highest BCUT2D eigenvalue weighted by Gasteiger charge is 2.16. The van der Waals surface area contributed by atoms with Crippen LogP contribution in [0.3, 0.4) is 0 Å². The van der Waals surface area contributed by atoms with Crippen LogP contribution in [-0.2, 0) is 0 Å². The van der Waals surface area contributed by atoms with E-state index in [1.807, 2.05) is 39.0 Å². The van der Waals surface area contributed by atoms with Gasteiger partial charge in [0.05, 0.1) is 19.4 Å². The molecule has 0 saturated carbocycles. The number of benzene rings is 1. The highest BCUT2D eigenvalue weighted by Crippen LogP contribution is 2.31. The summed E-state index contributed by atoms with van der Waals surface area (Å²) in [6.45, 7) is 5.88. The number of ether oxygens (including phenoxy) is 2. The van der Waals surface area contributed by atoms with Gasteiger partial charge < -0.3 is 14.6 Å². The molecule has 4 nitrogen and oxygen atoms in total. The van der Waals surface area contributed by atoms with Crippen molar-refractivity contribution in [2.45, 2.75) is 33.0 Å². The van der Waals surface area contributed by atoms with E-state index in [9.17, 15) is 5.11 Å². The first-order valence-corrected chi connectivity index (χ1v) is 6.95. The maximum atomic E-state index is 10.6. The first-order chi connectivity index (χ1) is 10.0. The Kier molecular flexibility index (Phi) is 4.81. The van der Waals surface area contributed by atoms with Crippen LogP contribution >= 0.6 is 0 Å². The molecule has 0 bridgehead atoms. The Bertz CT molecular complexity index is 611. The first-order valence-electron chi connectivity index (χ1n) is 6.95. The van der Waals surface area contributed by atoms with Crippen LogP contribution in [0.2, 0.25) is 0 Å². The molecule has 1 N–H and O–H groups in total. The standard InChI is InChI=1S/C17H21NO3/c1-11(2)21-14-8-13(9-18-10-14)17(19)15-6-5-12(3)7-16(15)20-4/h5-11,17,19H,1-4H3. The van der Waals surface area contributed by atoms with Gasteiger partial charge in [-0.1, -0.05) is 12.1 Å². The average molecular weight is 287 g/mol. The Hall–Kier alpha value is -2.07. The Morgan fingerprint density at radius 1 is 1.14 bits per heavy atom. The molecule has 21 heavy (non-hydrogen) atoms. The molecule has 1 aromatic carbocycles. The van der Waals surface area contributed by atoms with Gasteiger partial charge in [-0.15, -0.1) is 0 Å². The van der Waals surface area contributed by atoms with Crippen LogP contribution in [0.4, 0.5) is 0 Å². The third-order valence-corrected chi connectivity index (χ3v) is 3.11. The number of nitrogens with zero attached hydrogens (tertiary/aromatic N) is 1. The second-order valence-electron chi connectivity index (χ2n) is 5.27. The summed E-state index contributed by atoms with van der Waals surface area (Å²) in [5, 5.41) is 10.6. The normalized spacial score (nSPS) is 12.3. The molecule has 0 aliphatic carbocycles. The lowest BCUT2D eigenvalue weighted by Gasteiger charge is -2.17. The van der Waals surface area contributed by atoms with E-state index in [1.54, 1.807) is 25.6 Å².